The number of H-pyrrole nitrogens is 2. The number of aromatic nitrogens is 12. The van der Waals surface area contributed by atoms with Gasteiger partial charge in [-0.2, -0.15) is 0 Å². The van der Waals surface area contributed by atoms with E-state index in [1.54, 1.807) is 48.9 Å². The maximum Gasteiger partial charge on any atom is 0.218 e. The summed E-state index contributed by atoms with van der Waals surface area (Å²) in [5.41, 5.74) is 11.9. The minimum Gasteiger partial charge on any atom is -0.362 e. The maximum atomic E-state index is 13.8. The molecule has 11 aromatic rings. The predicted octanol–water partition coefficient (Wildman–Crippen LogP) is 7.56. The number of nitrogens with one attached hydrogen (secondary N) is 5. The highest BCUT2D eigenvalue weighted by Gasteiger charge is 2.15. The van der Waals surface area contributed by atoms with Crippen LogP contribution in [0.3, 0.4) is 0 Å². The van der Waals surface area contributed by atoms with Gasteiger partial charge in [-0.3, -0.25) is 24.4 Å². The highest BCUT2D eigenvalue weighted by molar-refractivity contribution is 7.18. The van der Waals surface area contributed by atoms with Crippen molar-refractivity contribution in [2.75, 3.05) is 37.9 Å². The van der Waals surface area contributed by atoms with Gasteiger partial charge in [-0.15, -0.1) is 0 Å². The number of aliphatic hydroxyl groups is 2. The third kappa shape index (κ3) is 19.3. The Morgan fingerprint density at radius 1 is 0.635 bits per heavy atom. The fourth-order valence-corrected chi connectivity index (χ4v) is 9.18. The molecule has 8 aromatic heterocycles. The first-order valence-electron chi connectivity index (χ1n) is 25.9. The molecule has 0 saturated heterocycles. The number of halogens is 2. The summed E-state index contributed by atoms with van der Waals surface area (Å²) in [5, 5.41) is 28.4. The number of ketones is 1. The van der Waals surface area contributed by atoms with E-state index in [0.29, 0.717) is 77.5 Å². The Morgan fingerprint density at radius 2 is 1.14 bits per heavy atom. The minimum atomic E-state index is -1.91. The number of benzene rings is 3. The topological polar surface area (TPSA) is 333 Å². The van der Waals surface area contributed by atoms with E-state index in [1.807, 2.05) is 54.7 Å². The van der Waals surface area contributed by atoms with E-state index in [1.165, 1.54) is 73.8 Å². The van der Waals surface area contributed by atoms with E-state index in [4.69, 9.17) is 15.9 Å². The number of hydrogen-bond donors (Lipinski definition) is 8. The van der Waals surface area contributed by atoms with Crippen molar-refractivity contribution in [2.24, 2.45) is 5.73 Å². The van der Waals surface area contributed by atoms with Crippen LogP contribution in [0, 0.1) is 11.6 Å². The van der Waals surface area contributed by atoms with Gasteiger partial charge < -0.3 is 51.3 Å². The summed E-state index contributed by atoms with van der Waals surface area (Å²) in [6.45, 7) is 2.38. The number of ether oxygens (including phenoxy) is 2. The number of anilines is 2. The molecule has 0 spiro atoms. The van der Waals surface area contributed by atoms with Gasteiger partial charge in [-0.1, -0.05) is 114 Å². The number of rotatable bonds is 21. The third-order valence-electron chi connectivity index (χ3n) is 11.5. The van der Waals surface area contributed by atoms with Gasteiger partial charge in [-0.05, 0) is 41.9 Å². The molecule has 0 saturated carbocycles. The number of nitrogens with two attached hydrogens (primary N) is 1. The second-order valence-electron chi connectivity index (χ2n) is 17.4. The van der Waals surface area contributed by atoms with Gasteiger partial charge in [0.25, 0.3) is 0 Å². The molecule has 0 amide bonds. The number of nitrogens with zero attached hydrogens (tertiary/aromatic N) is 10. The normalized spacial score (nSPS) is 10.6. The number of methoxy groups -OCH3 is 2. The summed E-state index contributed by atoms with van der Waals surface area (Å²) in [7, 11) is 2.81. The molecule has 0 aliphatic heterocycles. The molecule has 3 aromatic carbocycles. The molecule has 0 aliphatic rings. The molecule has 0 unspecified atom stereocenters. The minimum absolute atomic E-state index is 0.224. The zero-order chi connectivity index (χ0) is 60.2. The molecule has 438 valence electrons. The zero-order valence-corrected chi connectivity index (χ0v) is 47.4. The summed E-state index contributed by atoms with van der Waals surface area (Å²) in [6.07, 6.45) is 9.71. The second kappa shape index (κ2) is 33.6. The van der Waals surface area contributed by atoms with Crippen molar-refractivity contribution >= 4 is 73.4 Å². The van der Waals surface area contributed by atoms with Crippen LogP contribution in [0.25, 0.3) is 43.2 Å². The van der Waals surface area contributed by atoms with Crippen LogP contribution in [0.4, 0.5) is 20.4 Å². The Bertz CT molecular complexity index is 3800. The number of aliphatic hydroxyl groups excluding tert-OH is 1. The number of aromatic amines is 2. The Hall–Kier alpha value is -9.45. The van der Waals surface area contributed by atoms with E-state index in [-0.39, 0.29) is 24.7 Å². The van der Waals surface area contributed by atoms with Crippen molar-refractivity contribution in [1.82, 2.24) is 65.1 Å². The molecule has 11 rings (SSSR count). The van der Waals surface area contributed by atoms with Crippen molar-refractivity contribution in [3.8, 4) is 22.5 Å². The van der Waals surface area contributed by atoms with Crippen molar-refractivity contribution in [2.45, 2.75) is 45.1 Å². The first-order chi connectivity index (χ1) is 41.5. The van der Waals surface area contributed by atoms with Gasteiger partial charge in [0.05, 0.1) is 64.8 Å². The fourth-order valence-electron chi connectivity index (χ4n) is 7.36. The average molecular weight is 1190 g/mol. The summed E-state index contributed by atoms with van der Waals surface area (Å²) in [4.78, 5) is 81.2. The molecule has 0 aliphatic carbocycles. The lowest BCUT2D eigenvalue weighted by Crippen LogP contribution is -2.18. The van der Waals surface area contributed by atoms with Crippen molar-refractivity contribution in [3.05, 3.63) is 203 Å². The van der Waals surface area contributed by atoms with Gasteiger partial charge in [0, 0.05) is 51.6 Å². The highest BCUT2D eigenvalue weighted by atomic mass is 32.1. The molecule has 0 bridgehead atoms. The standard InChI is InChI=1S/C23H21FN8S.C13H13FN6S.C10H8N2O.C8H8O3.C4H8O3/c24-16-7-4-9-26-18(16)12-28-22-21-23(30-14-29-22)33-20(32-21)8-10-25-13-19-27-11-17(31-19)15-5-2-1-3-6-15;14-8-2-1-5-16-9(8)6-17-12-11-13(19-7-18-12)21-10(20-11)3-4-15;13-7-10-11-6-9(12-10)8-4-2-1-3-5-8;9-7(8(10)11)6-4-2-1-3-5-6;1-6-4(3-5)7-2/h1-7,9,11,14,25H,8,10,12-13H2,(H,27,31)(H,28,29,30);1-2,5,7H,3-4,6,15H2,(H,17,18,19);1-7H,(H,11,12);1-5,8,10-11H;3-4H,1-2H3. The predicted molar refractivity (Wildman–Crippen MR) is 318 cm³/mol. The number of pyridine rings is 2. The number of carbonyl (C=O) groups excluding carboxylic acids is 3. The number of Topliss-reactive ketones (excluding diaryl/α,β-unsaturated/α-hetero) is 1. The van der Waals surface area contributed by atoms with Gasteiger partial charge in [-0.25, -0.2) is 48.7 Å². The van der Waals surface area contributed by atoms with Crippen LogP contribution < -0.4 is 21.7 Å². The first-order valence-corrected chi connectivity index (χ1v) is 27.5. The van der Waals surface area contributed by atoms with Crippen LogP contribution in [-0.4, -0.2) is 128 Å². The summed E-state index contributed by atoms with van der Waals surface area (Å²) < 4.78 is 36.3. The lowest BCUT2D eigenvalue weighted by Gasteiger charge is -2.05. The quantitative estimate of drug-likeness (QED) is 0.0149. The number of thiazole rings is 2. The number of hydrogen-bond acceptors (Lipinski definition) is 23. The smallest absolute Gasteiger partial charge is 0.218 e. The lowest BCUT2D eigenvalue weighted by molar-refractivity contribution is -0.143. The third-order valence-corrected chi connectivity index (χ3v) is 13.6. The molecule has 9 N–H and O–H groups in total. The SMILES string of the molecule is COC(C=O)OC.Fc1cccnc1CNc1ncnc2sc(CCNCc3ncc(-c4ccccc4)[nH]3)nc12.NCCc1nc2c(NCc3ncccc3F)ncnc2s1.O=C(c1ccccc1)C(O)O.O=Cc1ncc(-c2ccccc2)[nH]1. The van der Waals surface area contributed by atoms with Crippen LogP contribution in [0.15, 0.2) is 153 Å². The van der Waals surface area contributed by atoms with Gasteiger partial charge in [0.1, 0.15) is 50.8 Å². The summed E-state index contributed by atoms with van der Waals surface area (Å²) in [5.74, 6) is 1.01. The molecule has 8 heterocycles. The van der Waals surface area contributed by atoms with Crippen molar-refractivity contribution < 1.29 is 42.9 Å². The molecule has 0 atom stereocenters. The van der Waals surface area contributed by atoms with Crippen LogP contribution in [0.2, 0.25) is 0 Å². The number of imidazole rings is 2. The molecular weight excluding hydrogens is 1130 g/mol. The van der Waals surface area contributed by atoms with Gasteiger partial charge in [0.2, 0.25) is 18.4 Å². The zero-order valence-electron chi connectivity index (χ0n) is 45.8. The number of carbonyl (C=O) groups is 3. The Morgan fingerprint density at radius 3 is 1.60 bits per heavy atom. The average Bonchev–Trinajstić information content (AvgIpc) is 4.30. The van der Waals surface area contributed by atoms with E-state index in [9.17, 15) is 23.2 Å². The largest absolute Gasteiger partial charge is 0.362 e. The van der Waals surface area contributed by atoms with Crippen LogP contribution >= 0.6 is 22.7 Å². The molecule has 23 nitrogen and oxygen atoms in total. The van der Waals surface area contributed by atoms with Gasteiger partial charge in [0.15, 0.2) is 30.0 Å². The summed E-state index contributed by atoms with van der Waals surface area (Å²) >= 11 is 3.02. The number of fused-ring (bicyclic) bond motifs is 2. The molecular formula is C58H58F2N16O7S2. The monoisotopic (exact) mass is 1190 g/mol. The van der Waals surface area contributed by atoms with Crippen LogP contribution in [-0.2, 0) is 46.7 Å². The van der Waals surface area contributed by atoms with E-state index < -0.39 is 18.4 Å². The van der Waals surface area contributed by atoms with E-state index in [2.05, 4.69) is 97.4 Å². The molecule has 0 radical (unpaired) electrons. The number of aldehydes is 2. The van der Waals surface area contributed by atoms with E-state index in [0.717, 1.165) is 61.0 Å². The Balaban J connectivity index is 0.000000170. The van der Waals surface area contributed by atoms with Crippen molar-refractivity contribution in [3.63, 3.8) is 0 Å². The van der Waals surface area contributed by atoms with Crippen LogP contribution in [0.1, 0.15) is 48.2 Å². The molecule has 0 fully saturated rings. The Kier molecular flexibility index (Phi) is 25.0. The second-order valence-corrected chi connectivity index (χ2v) is 19.5. The van der Waals surface area contributed by atoms with E-state index >= 15 is 0 Å². The summed E-state index contributed by atoms with van der Waals surface area (Å²) in [6, 6.07) is 33.9. The first kappa shape index (κ1) is 63.1. The van der Waals surface area contributed by atoms with Gasteiger partial charge >= 0.3 is 0 Å². The highest BCUT2D eigenvalue weighted by Crippen LogP contribution is 2.27. The Labute approximate surface area is 493 Å². The molecule has 27 heteroatoms. The maximum absolute atomic E-state index is 13.8. The fraction of sp³-hybridized carbons (Fsp3) is 0.190. The lowest BCUT2D eigenvalue weighted by atomic mass is 10.1. The van der Waals surface area contributed by atoms with Crippen molar-refractivity contribution in [1.29, 1.82) is 0 Å². The van der Waals surface area contributed by atoms with Crippen LogP contribution in [0.5, 0.6) is 0 Å². The molecule has 85 heavy (non-hydrogen) atoms.